The molecule has 0 heterocycles. The highest BCUT2D eigenvalue weighted by Crippen LogP contribution is 2.27. The maximum Gasteiger partial charge on any atom is 0.407 e. The van der Waals surface area contributed by atoms with Crippen LogP contribution in [0.2, 0.25) is 0 Å². The van der Waals surface area contributed by atoms with Gasteiger partial charge in [0.1, 0.15) is 0 Å². The first-order chi connectivity index (χ1) is 14.6. The summed E-state index contributed by atoms with van der Waals surface area (Å²) < 4.78 is 15.7. The van der Waals surface area contributed by atoms with Gasteiger partial charge in [-0.25, -0.2) is 10.2 Å². The largest absolute Gasteiger partial charge is 0.493 e. The van der Waals surface area contributed by atoms with Crippen molar-refractivity contribution in [3.63, 3.8) is 0 Å². The van der Waals surface area contributed by atoms with E-state index >= 15 is 0 Å². The molecule has 0 bridgehead atoms. The zero-order valence-corrected chi connectivity index (χ0v) is 17.4. The Morgan fingerprint density at radius 2 is 1.83 bits per heavy atom. The summed E-state index contributed by atoms with van der Waals surface area (Å²) in [7, 11) is 1.57. The minimum atomic E-state index is -0.579. The molecule has 2 amide bonds. The number of nitrogens with zero attached hydrogens (tertiary/aromatic N) is 1. The van der Waals surface area contributed by atoms with Crippen molar-refractivity contribution in [3.05, 3.63) is 59.7 Å². The summed E-state index contributed by atoms with van der Waals surface area (Å²) in [6.07, 6.45) is 0.938. The zero-order chi connectivity index (χ0) is 21.8. The smallest absolute Gasteiger partial charge is 0.407 e. The maximum absolute atomic E-state index is 12.4. The third-order valence-corrected chi connectivity index (χ3v) is 4.05. The van der Waals surface area contributed by atoms with Gasteiger partial charge in [0, 0.05) is 0 Å². The van der Waals surface area contributed by atoms with E-state index in [1.54, 1.807) is 32.2 Å². The number of amides is 2. The van der Waals surface area contributed by atoms with Gasteiger partial charge in [-0.2, -0.15) is 5.10 Å². The van der Waals surface area contributed by atoms with Gasteiger partial charge in [-0.1, -0.05) is 30.3 Å². The molecule has 0 unspecified atom stereocenters. The highest BCUT2D eigenvalue weighted by molar-refractivity contribution is 5.83. The first-order valence-electron chi connectivity index (χ1n) is 9.68. The third-order valence-electron chi connectivity index (χ3n) is 4.05. The molecule has 2 aromatic carbocycles. The first-order valence-corrected chi connectivity index (χ1v) is 9.68. The third kappa shape index (κ3) is 7.12. The van der Waals surface area contributed by atoms with Crippen molar-refractivity contribution >= 4 is 18.2 Å². The van der Waals surface area contributed by atoms with E-state index in [-0.39, 0.29) is 18.9 Å². The number of rotatable bonds is 10. The molecule has 0 saturated carbocycles. The highest BCUT2D eigenvalue weighted by Gasteiger charge is 2.18. The number of hydrazone groups is 1. The molecule has 0 aliphatic rings. The molecule has 8 heteroatoms. The van der Waals surface area contributed by atoms with E-state index in [0.717, 1.165) is 11.1 Å². The Bertz CT molecular complexity index is 855. The molecule has 0 aliphatic heterocycles. The molecule has 8 nitrogen and oxygen atoms in total. The summed E-state index contributed by atoms with van der Waals surface area (Å²) in [6.45, 7) is 4.35. The molecule has 0 radical (unpaired) electrons. The van der Waals surface area contributed by atoms with Crippen LogP contribution in [0.3, 0.4) is 0 Å². The standard InChI is InChI=1S/C22H27N3O5/c1-4-29-20-13-16(11-12-19(20)28-3)15-23-25-21(26)14-18(24-22(27)30-5-2)17-9-7-6-8-10-17/h6-13,15,18H,4-5,14H2,1-3H3,(H,24,27)(H,25,26)/b23-15-/t18-/m1/s1. The van der Waals surface area contributed by atoms with Crippen LogP contribution < -0.4 is 20.2 Å². The number of ether oxygens (including phenoxy) is 3. The molecule has 2 aromatic rings. The highest BCUT2D eigenvalue weighted by atomic mass is 16.5. The van der Waals surface area contributed by atoms with Crippen LogP contribution in [0.1, 0.15) is 37.4 Å². The summed E-state index contributed by atoms with van der Waals surface area (Å²) in [4.78, 5) is 24.2. The van der Waals surface area contributed by atoms with Gasteiger partial charge in [0.15, 0.2) is 11.5 Å². The molecular weight excluding hydrogens is 386 g/mol. The Morgan fingerprint density at radius 1 is 1.07 bits per heavy atom. The van der Waals surface area contributed by atoms with E-state index in [2.05, 4.69) is 15.8 Å². The van der Waals surface area contributed by atoms with Gasteiger partial charge in [0.05, 0.1) is 39.0 Å². The van der Waals surface area contributed by atoms with Crippen LogP contribution in [0.25, 0.3) is 0 Å². The molecule has 0 aliphatic carbocycles. The van der Waals surface area contributed by atoms with Crippen molar-refractivity contribution in [2.75, 3.05) is 20.3 Å². The van der Waals surface area contributed by atoms with Crippen molar-refractivity contribution in [1.29, 1.82) is 0 Å². The predicted octanol–water partition coefficient (Wildman–Crippen LogP) is 3.42. The van der Waals surface area contributed by atoms with Gasteiger partial charge in [0.2, 0.25) is 5.91 Å². The number of hydrogen-bond acceptors (Lipinski definition) is 6. The molecule has 2 rings (SSSR count). The number of alkyl carbamates (subject to hydrolysis) is 1. The van der Waals surface area contributed by atoms with Crippen LogP contribution in [-0.2, 0) is 9.53 Å². The van der Waals surface area contributed by atoms with Crippen LogP contribution >= 0.6 is 0 Å². The SMILES string of the molecule is CCOC(=O)N[C@H](CC(=O)N/N=C\c1ccc(OC)c(OCC)c1)c1ccccc1. The molecule has 0 spiro atoms. The summed E-state index contributed by atoms with van der Waals surface area (Å²) in [6, 6.07) is 14.0. The van der Waals surface area contributed by atoms with Crippen LogP contribution in [0.5, 0.6) is 11.5 Å². The molecule has 1 atom stereocenters. The molecule has 0 saturated heterocycles. The second-order valence-electron chi connectivity index (χ2n) is 6.17. The quantitative estimate of drug-likeness (QED) is 0.459. The monoisotopic (exact) mass is 413 g/mol. The summed E-state index contributed by atoms with van der Waals surface area (Å²) in [5, 5.41) is 6.70. The molecule has 30 heavy (non-hydrogen) atoms. The Morgan fingerprint density at radius 3 is 2.50 bits per heavy atom. The van der Waals surface area contributed by atoms with E-state index in [0.29, 0.717) is 18.1 Å². The van der Waals surface area contributed by atoms with E-state index in [9.17, 15) is 9.59 Å². The Balaban J connectivity index is 2.01. The van der Waals surface area contributed by atoms with Gasteiger partial charge in [-0.3, -0.25) is 4.79 Å². The number of carbonyl (C=O) groups is 2. The fourth-order valence-electron chi connectivity index (χ4n) is 2.70. The van der Waals surface area contributed by atoms with E-state index in [1.807, 2.05) is 37.3 Å². The summed E-state index contributed by atoms with van der Waals surface area (Å²) in [5.74, 6) is 0.863. The van der Waals surface area contributed by atoms with Crippen LogP contribution in [0.15, 0.2) is 53.6 Å². The number of carbonyl (C=O) groups excluding carboxylic acids is 2. The van der Waals surface area contributed by atoms with Gasteiger partial charge in [-0.05, 0) is 43.2 Å². The van der Waals surface area contributed by atoms with Crippen LogP contribution in [0.4, 0.5) is 4.79 Å². The predicted molar refractivity (Wildman–Crippen MR) is 114 cm³/mol. The van der Waals surface area contributed by atoms with Crippen LogP contribution in [-0.4, -0.2) is 38.5 Å². The Kier molecular flexibility index (Phi) is 9.18. The van der Waals surface area contributed by atoms with Crippen molar-refractivity contribution < 1.29 is 23.8 Å². The zero-order valence-electron chi connectivity index (χ0n) is 17.4. The second-order valence-corrected chi connectivity index (χ2v) is 6.17. The minimum absolute atomic E-state index is 0.00692. The molecule has 2 N–H and O–H groups in total. The minimum Gasteiger partial charge on any atom is -0.493 e. The topological polar surface area (TPSA) is 98.2 Å². The van der Waals surface area contributed by atoms with Gasteiger partial charge in [-0.15, -0.1) is 0 Å². The number of methoxy groups -OCH3 is 1. The van der Waals surface area contributed by atoms with E-state index < -0.39 is 12.1 Å². The maximum atomic E-state index is 12.4. The lowest BCUT2D eigenvalue weighted by Gasteiger charge is -2.18. The lowest BCUT2D eigenvalue weighted by molar-refractivity contribution is -0.121. The lowest BCUT2D eigenvalue weighted by Crippen LogP contribution is -2.33. The number of hydrogen-bond donors (Lipinski definition) is 2. The fourth-order valence-corrected chi connectivity index (χ4v) is 2.70. The summed E-state index contributed by atoms with van der Waals surface area (Å²) >= 11 is 0. The summed E-state index contributed by atoms with van der Waals surface area (Å²) in [5.41, 5.74) is 4.02. The average molecular weight is 413 g/mol. The first kappa shape index (κ1) is 22.7. The van der Waals surface area contributed by atoms with Gasteiger partial charge >= 0.3 is 6.09 Å². The van der Waals surface area contributed by atoms with Crippen LogP contribution in [0, 0.1) is 0 Å². The lowest BCUT2D eigenvalue weighted by atomic mass is 10.0. The molecule has 160 valence electrons. The van der Waals surface area contributed by atoms with Crippen molar-refractivity contribution in [1.82, 2.24) is 10.7 Å². The van der Waals surface area contributed by atoms with E-state index in [1.165, 1.54) is 6.21 Å². The Labute approximate surface area is 176 Å². The Hall–Kier alpha value is -3.55. The normalized spacial score (nSPS) is 11.6. The number of benzene rings is 2. The van der Waals surface area contributed by atoms with Gasteiger partial charge in [0.25, 0.3) is 0 Å². The molecule has 0 aromatic heterocycles. The van der Waals surface area contributed by atoms with Crippen molar-refractivity contribution in [2.45, 2.75) is 26.3 Å². The molecular formula is C22H27N3O5. The van der Waals surface area contributed by atoms with Crippen molar-refractivity contribution in [3.8, 4) is 11.5 Å². The second kappa shape index (κ2) is 12.1. The fraction of sp³-hybridized carbons (Fsp3) is 0.318. The average Bonchev–Trinajstić information content (AvgIpc) is 2.74. The van der Waals surface area contributed by atoms with Gasteiger partial charge < -0.3 is 19.5 Å². The number of nitrogens with one attached hydrogen (secondary N) is 2. The molecule has 0 fully saturated rings. The van der Waals surface area contributed by atoms with Crippen molar-refractivity contribution in [2.24, 2.45) is 5.10 Å². The van der Waals surface area contributed by atoms with E-state index in [4.69, 9.17) is 14.2 Å².